The number of carboxylic acids is 1. The highest BCUT2D eigenvalue weighted by Gasteiger charge is 2.55. The molecule has 2 aliphatic heterocycles. The molecule has 7 nitrogen and oxygen atoms in total. The van der Waals surface area contributed by atoms with Gasteiger partial charge in [0.25, 0.3) is 0 Å². The molecule has 0 radical (unpaired) electrons. The van der Waals surface area contributed by atoms with Crippen LogP contribution in [0.25, 0.3) is 0 Å². The van der Waals surface area contributed by atoms with Crippen molar-refractivity contribution < 1.29 is 19.5 Å². The van der Waals surface area contributed by atoms with Crippen molar-refractivity contribution in [2.45, 2.75) is 38.6 Å². The van der Waals surface area contributed by atoms with Crippen LogP contribution < -0.4 is 5.32 Å². The van der Waals surface area contributed by atoms with E-state index in [4.69, 9.17) is 0 Å². The van der Waals surface area contributed by atoms with Crippen molar-refractivity contribution in [2.24, 2.45) is 5.92 Å². The fourth-order valence-corrected chi connectivity index (χ4v) is 4.23. The van der Waals surface area contributed by atoms with Crippen LogP contribution in [0.4, 0.5) is 10.5 Å². The molecule has 7 heteroatoms. The first-order valence-electron chi connectivity index (χ1n) is 8.87. The smallest absolute Gasteiger partial charge is 0.321 e. The predicted octanol–water partition coefficient (Wildman–Crippen LogP) is 2.23. The second-order valence-electron chi connectivity index (χ2n) is 7.39. The molecule has 3 rings (SSSR count). The number of carbonyl (C=O) groups excluding carboxylic acids is 2. The third-order valence-electron chi connectivity index (χ3n) is 5.91. The average molecular weight is 359 g/mol. The van der Waals surface area contributed by atoms with Gasteiger partial charge in [-0.15, -0.1) is 0 Å². The molecule has 26 heavy (non-hydrogen) atoms. The molecule has 3 amide bonds. The number of urea groups is 1. The molecule has 0 aliphatic carbocycles. The van der Waals surface area contributed by atoms with Crippen LogP contribution in [0.5, 0.6) is 0 Å². The van der Waals surface area contributed by atoms with Crippen molar-refractivity contribution >= 4 is 23.6 Å². The highest BCUT2D eigenvalue weighted by atomic mass is 16.4. The Balaban J connectivity index is 1.68. The van der Waals surface area contributed by atoms with Gasteiger partial charge >= 0.3 is 12.0 Å². The van der Waals surface area contributed by atoms with Gasteiger partial charge in [-0.2, -0.15) is 0 Å². The van der Waals surface area contributed by atoms with Gasteiger partial charge in [-0.1, -0.05) is 17.7 Å². The first kappa shape index (κ1) is 18.2. The van der Waals surface area contributed by atoms with Gasteiger partial charge in [0.15, 0.2) is 0 Å². The van der Waals surface area contributed by atoms with Gasteiger partial charge in [0, 0.05) is 32.2 Å². The van der Waals surface area contributed by atoms with Crippen LogP contribution >= 0.6 is 0 Å². The zero-order valence-electron chi connectivity index (χ0n) is 15.4. The van der Waals surface area contributed by atoms with E-state index in [0.29, 0.717) is 25.9 Å². The Bertz CT molecular complexity index is 753. The van der Waals surface area contributed by atoms with Crippen molar-refractivity contribution in [1.82, 2.24) is 9.80 Å². The van der Waals surface area contributed by atoms with Crippen molar-refractivity contribution in [3.8, 4) is 0 Å². The molecule has 1 aromatic rings. The second kappa shape index (κ2) is 6.63. The number of anilines is 1. The number of amides is 3. The predicted molar refractivity (Wildman–Crippen MR) is 97.0 cm³/mol. The molecule has 1 atom stereocenters. The van der Waals surface area contributed by atoms with Gasteiger partial charge in [-0.05, 0) is 38.3 Å². The quantitative estimate of drug-likeness (QED) is 0.847. The lowest BCUT2D eigenvalue weighted by Gasteiger charge is -2.45. The number of aryl methyl sites for hydroxylation is 2. The first-order valence-corrected chi connectivity index (χ1v) is 8.87. The summed E-state index contributed by atoms with van der Waals surface area (Å²) in [4.78, 5) is 39.5. The molecule has 0 saturated carbocycles. The molecule has 2 saturated heterocycles. The van der Waals surface area contributed by atoms with Gasteiger partial charge in [0.05, 0.1) is 11.5 Å². The Labute approximate surface area is 153 Å². The lowest BCUT2D eigenvalue weighted by Crippen LogP contribution is -2.57. The second-order valence-corrected chi connectivity index (χ2v) is 7.39. The number of piperidine rings is 1. The molecule has 2 fully saturated rings. The fraction of sp³-hybridized carbons (Fsp3) is 0.526. The molecule has 140 valence electrons. The molecule has 2 N–H and O–H groups in total. The third kappa shape index (κ3) is 3.02. The number of benzene rings is 1. The summed E-state index contributed by atoms with van der Waals surface area (Å²) in [6.45, 7) is 4.81. The molecule has 1 spiro atoms. The topological polar surface area (TPSA) is 90.0 Å². The summed E-state index contributed by atoms with van der Waals surface area (Å²) in [6, 6.07) is 5.66. The minimum atomic E-state index is -0.934. The van der Waals surface area contributed by atoms with E-state index in [2.05, 4.69) is 5.32 Å². The zero-order valence-corrected chi connectivity index (χ0v) is 15.4. The van der Waals surface area contributed by atoms with Gasteiger partial charge in [-0.25, -0.2) is 4.79 Å². The normalized spacial score (nSPS) is 22.0. The molecular weight excluding hydrogens is 334 g/mol. The Morgan fingerprint density at radius 2 is 1.88 bits per heavy atom. The van der Waals surface area contributed by atoms with E-state index in [9.17, 15) is 19.5 Å². The molecule has 2 heterocycles. The van der Waals surface area contributed by atoms with Crippen molar-refractivity contribution in [1.29, 1.82) is 0 Å². The van der Waals surface area contributed by atoms with Crippen LogP contribution in [0.15, 0.2) is 18.2 Å². The molecular formula is C19H25N3O4. The van der Waals surface area contributed by atoms with E-state index in [1.54, 1.807) is 16.8 Å². The van der Waals surface area contributed by atoms with E-state index >= 15 is 0 Å². The molecule has 0 bridgehead atoms. The minimum Gasteiger partial charge on any atom is -0.481 e. The van der Waals surface area contributed by atoms with Crippen LogP contribution in [-0.4, -0.2) is 58.5 Å². The maximum atomic E-state index is 12.6. The molecule has 2 aliphatic rings. The Morgan fingerprint density at radius 1 is 1.23 bits per heavy atom. The van der Waals surface area contributed by atoms with Crippen LogP contribution in [0.3, 0.4) is 0 Å². The lowest BCUT2D eigenvalue weighted by molar-refractivity contribution is -0.145. The fourth-order valence-electron chi connectivity index (χ4n) is 4.23. The summed E-state index contributed by atoms with van der Waals surface area (Å²) in [5, 5.41) is 12.4. The maximum absolute atomic E-state index is 12.6. The third-order valence-corrected chi connectivity index (χ3v) is 5.91. The number of nitrogens with one attached hydrogen (secondary N) is 1. The summed E-state index contributed by atoms with van der Waals surface area (Å²) < 4.78 is 0. The Kier molecular flexibility index (Phi) is 4.64. The Hall–Kier alpha value is -2.57. The first-order chi connectivity index (χ1) is 12.2. The van der Waals surface area contributed by atoms with Crippen molar-refractivity contribution in [3.63, 3.8) is 0 Å². The van der Waals surface area contributed by atoms with E-state index in [0.717, 1.165) is 16.8 Å². The van der Waals surface area contributed by atoms with Crippen LogP contribution in [0.2, 0.25) is 0 Å². The van der Waals surface area contributed by atoms with Gasteiger partial charge in [0.2, 0.25) is 5.91 Å². The van der Waals surface area contributed by atoms with Crippen LogP contribution in [0, 0.1) is 19.8 Å². The summed E-state index contributed by atoms with van der Waals surface area (Å²) in [5.74, 6) is -1.77. The number of hydrogen-bond donors (Lipinski definition) is 2. The summed E-state index contributed by atoms with van der Waals surface area (Å²) in [7, 11) is 1.68. The number of nitrogens with zero attached hydrogens (tertiary/aromatic N) is 2. The number of rotatable bonds is 2. The van der Waals surface area contributed by atoms with E-state index in [1.165, 1.54) is 0 Å². The number of carbonyl (C=O) groups is 3. The highest BCUT2D eigenvalue weighted by molar-refractivity contribution is 5.91. The monoisotopic (exact) mass is 359 g/mol. The van der Waals surface area contributed by atoms with E-state index in [-0.39, 0.29) is 18.4 Å². The SMILES string of the molecule is Cc1ccc(NC(=O)N2CCC3(CC2)[C@H](C(=O)O)CC(=O)N3C)c(C)c1. The largest absolute Gasteiger partial charge is 0.481 e. The maximum Gasteiger partial charge on any atom is 0.321 e. The highest BCUT2D eigenvalue weighted by Crippen LogP contribution is 2.42. The van der Waals surface area contributed by atoms with Crippen molar-refractivity contribution in [2.75, 3.05) is 25.5 Å². The Morgan fingerprint density at radius 3 is 2.46 bits per heavy atom. The zero-order chi connectivity index (χ0) is 19.1. The van der Waals surface area contributed by atoms with Crippen LogP contribution in [-0.2, 0) is 9.59 Å². The van der Waals surface area contributed by atoms with Crippen LogP contribution in [0.1, 0.15) is 30.4 Å². The van der Waals surface area contributed by atoms with Gasteiger partial charge in [-0.3, -0.25) is 9.59 Å². The minimum absolute atomic E-state index is 0.0423. The summed E-state index contributed by atoms with van der Waals surface area (Å²) >= 11 is 0. The summed E-state index contributed by atoms with van der Waals surface area (Å²) in [6.07, 6.45) is 1.000. The van der Waals surface area contributed by atoms with E-state index in [1.807, 2.05) is 32.0 Å². The standard InChI is InChI=1S/C19H25N3O4/c1-12-4-5-15(13(2)10-12)20-18(26)22-8-6-19(7-9-22)14(17(24)25)11-16(23)21(19)3/h4-5,10,14H,6-9,11H2,1-3H3,(H,20,26)(H,24,25)/t14-/m0/s1. The van der Waals surface area contributed by atoms with E-state index < -0.39 is 17.4 Å². The summed E-state index contributed by atoms with van der Waals surface area (Å²) in [5.41, 5.74) is 2.23. The number of hydrogen-bond acceptors (Lipinski definition) is 3. The number of aliphatic carboxylic acids is 1. The van der Waals surface area contributed by atoms with Gasteiger partial charge < -0.3 is 20.2 Å². The molecule has 0 unspecified atom stereocenters. The average Bonchev–Trinajstić information content (AvgIpc) is 2.83. The van der Waals surface area contributed by atoms with Gasteiger partial charge in [0.1, 0.15) is 0 Å². The molecule has 1 aromatic carbocycles. The van der Waals surface area contributed by atoms with Crippen molar-refractivity contribution in [3.05, 3.63) is 29.3 Å². The number of carboxylic acid groups (broad SMARTS) is 1. The molecule has 0 aromatic heterocycles. The lowest BCUT2D eigenvalue weighted by atomic mass is 9.77. The number of likely N-dealkylation sites (tertiary alicyclic amines) is 2.